The lowest BCUT2D eigenvalue weighted by Gasteiger charge is -2.11. The Morgan fingerprint density at radius 1 is 0.970 bits per heavy atom. The maximum absolute atomic E-state index is 12.2. The fourth-order valence-corrected chi connectivity index (χ4v) is 3.71. The lowest BCUT2D eigenvalue weighted by molar-refractivity contribution is -0.136. The van der Waals surface area contributed by atoms with Crippen molar-refractivity contribution in [2.24, 2.45) is 5.10 Å². The highest BCUT2D eigenvalue weighted by molar-refractivity contribution is 7.12. The van der Waals surface area contributed by atoms with Crippen molar-refractivity contribution in [3.05, 3.63) is 74.4 Å². The first-order chi connectivity index (χ1) is 15.8. The van der Waals surface area contributed by atoms with Crippen LogP contribution in [0, 0.1) is 0 Å². The molecule has 0 unspecified atom stereocenters. The molecule has 0 atom stereocenters. The molecule has 0 aliphatic rings. The van der Waals surface area contributed by atoms with Gasteiger partial charge in [-0.25, -0.2) is 10.2 Å². The highest BCUT2D eigenvalue weighted by Gasteiger charge is 2.16. The van der Waals surface area contributed by atoms with E-state index in [2.05, 4.69) is 15.8 Å². The van der Waals surface area contributed by atoms with Gasteiger partial charge in [0, 0.05) is 21.3 Å². The van der Waals surface area contributed by atoms with Crippen LogP contribution >= 0.6 is 34.5 Å². The Balaban J connectivity index is 1.66. The molecular formula is C22H17Cl2N3O5S. The number of nitrogens with one attached hydrogen (secondary N) is 2. The minimum absolute atomic E-state index is 0.232. The van der Waals surface area contributed by atoms with Crippen molar-refractivity contribution in [2.75, 3.05) is 12.4 Å². The lowest BCUT2D eigenvalue weighted by Crippen LogP contribution is -2.32. The van der Waals surface area contributed by atoms with Gasteiger partial charge in [-0.15, -0.1) is 11.3 Å². The molecule has 0 bridgehead atoms. The first-order valence-corrected chi connectivity index (χ1v) is 11.0. The molecule has 0 saturated carbocycles. The first kappa shape index (κ1) is 24.2. The van der Waals surface area contributed by atoms with Crippen LogP contribution in [0.2, 0.25) is 10.0 Å². The van der Waals surface area contributed by atoms with E-state index in [4.69, 9.17) is 32.7 Å². The van der Waals surface area contributed by atoms with Crippen LogP contribution in [-0.4, -0.2) is 30.6 Å². The molecule has 0 aliphatic carbocycles. The van der Waals surface area contributed by atoms with E-state index < -0.39 is 17.8 Å². The Hall–Kier alpha value is -3.40. The number of hydrogen-bond acceptors (Lipinski definition) is 7. The van der Waals surface area contributed by atoms with Crippen LogP contribution in [0.25, 0.3) is 0 Å². The number of halogens is 2. The summed E-state index contributed by atoms with van der Waals surface area (Å²) in [5, 5.41) is 8.72. The van der Waals surface area contributed by atoms with Gasteiger partial charge in [0.25, 0.3) is 0 Å². The average molecular weight is 506 g/mol. The maximum atomic E-state index is 12.2. The normalized spacial score (nSPS) is 11.0. The SMILES string of the molecule is COc1cc(/C(C)=N/NC(=O)C(=O)Nc2cc(Cl)cc(Cl)c2)ccc1OC(=O)c1cccs1. The fraction of sp³-hybridized carbons (Fsp3) is 0.0909. The number of thiophene rings is 1. The molecule has 2 aromatic carbocycles. The number of esters is 1. The molecule has 0 fully saturated rings. The van der Waals surface area contributed by atoms with Crippen molar-refractivity contribution < 1.29 is 23.9 Å². The Morgan fingerprint density at radius 2 is 1.70 bits per heavy atom. The minimum atomic E-state index is -0.987. The predicted octanol–water partition coefficient (Wildman–Crippen LogP) is 4.76. The number of rotatable bonds is 6. The number of benzene rings is 2. The molecule has 0 spiro atoms. The number of anilines is 1. The van der Waals surface area contributed by atoms with E-state index in [-0.39, 0.29) is 11.4 Å². The average Bonchev–Trinajstić information content (AvgIpc) is 3.32. The smallest absolute Gasteiger partial charge is 0.353 e. The summed E-state index contributed by atoms with van der Waals surface area (Å²) in [6.45, 7) is 1.63. The molecule has 11 heteroatoms. The van der Waals surface area contributed by atoms with Crippen molar-refractivity contribution in [1.82, 2.24) is 5.43 Å². The fourth-order valence-electron chi connectivity index (χ4n) is 2.59. The van der Waals surface area contributed by atoms with Crippen molar-refractivity contribution in [1.29, 1.82) is 0 Å². The third-order valence-corrected chi connectivity index (χ3v) is 5.44. The molecule has 3 aromatic rings. The van der Waals surface area contributed by atoms with E-state index in [0.717, 1.165) is 0 Å². The summed E-state index contributed by atoms with van der Waals surface area (Å²) in [7, 11) is 1.43. The van der Waals surface area contributed by atoms with Gasteiger partial charge < -0.3 is 14.8 Å². The van der Waals surface area contributed by atoms with Gasteiger partial charge in [-0.3, -0.25) is 9.59 Å². The second-order valence-electron chi connectivity index (χ2n) is 6.48. The molecule has 0 radical (unpaired) electrons. The highest BCUT2D eigenvalue weighted by Crippen LogP contribution is 2.29. The number of methoxy groups -OCH3 is 1. The summed E-state index contributed by atoms with van der Waals surface area (Å²) in [5.41, 5.74) is 3.41. The van der Waals surface area contributed by atoms with Gasteiger partial charge in [0.1, 0.15) is 4.88 Å². The van der Waals surface area contributed by atoms with Crippen molar-refractivity contribution in [2.45, 2.75) is 6.92 Å². The standard InChI is InChI=1S/C22H17Cl2N3O5S/c1-12(26-27-21(29)20(28)25-16-10-14(23)9-15(24)11-16)13-5-6-17(18(8-13)31-2)32-22(30)19-4-3-7-33-19/h3-11H,1-2H3,(H,25,28)(H,27,29)/b26-12+. The number of nitrogens with zero attached hydrogens (tertiary/aromatic N) is 1. The molecule has 2 N–H and O–H groups in total. The molecule has 33 heavy (non-hydrogen) atoms. The lowest BCUT2D eigenvalue weighted by atomic mass is 10.1. The van der Waals surface area contributed by atoms with E-state index in [0.29, 0.717) is 31.9 Å². The third kappa shape index (κ3) is 6.55. The zero-order valence-electron chi connectivity index (χ0n) is 17.3. The Bertz CT molecular complexity index is 1210. The van der Waals surface area contributed by atoms with Crippen LogP contribution in [0.1, 0.15) is 22.2 Å². The number of carbonyl (C=O) groups excluding carboxylic acids is 3. The Labute approximate surface area is 203 Å². The number of amides is 2. The van der Waals surface area contributed by atoms with E-state index >= 15 is 0 Å². The van der Waals surface area contributed by atoms with Crippen molar-refractivity contribution in [3.63, 3.8) is 0 Å². The molecule has 170 valence electrons. The molecule has 8 nitrogen and oxygen atoms in total. The van der Waals surface area contributed by atoms with Gasteiger partial charge in [0.2, 0.25) is 0 Å². The topological polar surface area (TPSA) is 106 Å². The summed E-state index contributed by atoms with van der Waals surface area (Å²) < 4.78 is 10.7. The molecule has 1 heterocycles. The summed E-state index contributed by atoms with van der Waals surface area (Å²) >= 11 is 13.0. The number of carbonyl (C=O) groups is 3. The zero-order chi connectivity index (χ0) is 24.0. The molecular weight excluding hydrogens is 489 g/mol. The first-order valence-electron chi connectivity index (χ1n) is 9.32. The second-order valence-corrected chi connectivity index (χ2v) is 8.30. The van der Waals surface area contributed by atoms with E-state index in [1.54, 1.807) is 42.6 Å². The summed E-state index contributed by atoms with van der Waals surface area (Å²) in [6, 6.07) is 12.6. The van der Waals surface area contributed by atoms with E-state index in [1.807, 2.05) is 0 Å². The van der Waals surface area contributed by atoms with Crippen LogP contribution in [-0.2, 0) is 9.59 Å². The van der Waals surface area contributed by atoms with Gasteiger partial charge >= 0.3 is 17.8 Å². The molecule has 3 rings (SSSR count). The van der Waals surface area contributed by atoms with Gasteiger partial charge in [0.15, 0.2) is 11.5 Å². The van der Waals surface area contributed by atoms with E-state index in [9.17, 15) is 14.4 Å². The summed E-state index contributed by atoms with van der Waals surface area (Å²) in [4.78, 5) is 36.8. The number of ether oxygens (including phenoxy) is 2. The van der Waals surface area contributed by atoms with Gasteiger partial charge in [-0.1, -0.05) is 29.3 Å². The van der Waals surface area contributed by atoms with Crippen LogP contribution in [0.15, 0.2) is 59.0 Å². The monoisotopic (exact) mass is 505 g/mol. The third-order valence-electron chi connectivity index (χ3n) is 4.16. The highest BCUT2D eigenvalue weighted by atomic mass is 35.5. The summed E-state index contributed by atoms with van der Waals surface area (Å²) in [6.07, 6.45) is 0. The molecule has 0 saturated heterocycles. The maximum Gasteiger partial charge on any atom is 0.353 e. The van der Waals surface area contributed by atoms with Gasteiger partial charge in [0.05, 0.1) is 12.8 Å². The molecule has 0 aliphatic heterocycles. The van der Waals surface area contributed by atoms with Gasteiger partial charge in [-0.2, -0.15) is 5.10 Å². The number of hydrogen-bond donors (Lipinski definition) is 2. The second kappa shape index (κ2) is 11.0. The van der Waals surface area contributed by atoms with Crippen molar-refractivity contribution >= 4 is 63.7 Å². The largest absolute Gasteiger partial charge is 0.493 e. The van der Waals surface area contributed by atoms with Crippen molar-refractivity contribution in [3.8, 4) is 11.5 Å². The van der Waals surface area contributed by atoms with E-state index in [1.165, 1.54) is 36.6 Å². The summed E-state index contributed by atoms with van der Waals surface area (Å²) in [5.74, 6) is -1.90. The molecule has 2 amide bonds. The van der Waals surface area contributed by atoms with Crippen LogP contribution < -0.4 is 20.2 Å². The zero-order valence-corrected chi connectivity index (χ0v) is 19.7. The quantitative estimate of drug-likeness (QED) is 0.165. The predicted molar refractivity (Wildman–Crippen MR) is 128 cm³/mol. The van der Waals surface area contributed by atoms with Crippen LogP contribution in [0.5, 0.6) is 11.5 Å². The van der Waals surface area contributed by atoms with Crippen LogP contribution in [0.3, 0.4) is 0 Å². The molecule has 1 aromatic heterocycles. The Morgan fingerprint density at radius 3 is 2.33 bits per heavy atom. The minimum Gasteiger partial charge on any atom is -0.493 e. The van der Waals surface area contributed by atoms with Gasteiger partial charge in [-0.05, 0) is 54.8 Å². The Kier molecular flexibility index (Phi) is 8.05. The van der Waals surface area contributed by atoms with Crippen LogP contribution in [0.4, 0.5) is 5.69 Å². The number of hydrazone groups is 1.